The van der Waals surface area contributed by atoms with Crippen molar-refractivity contribution < 1.29 is 13.9 Å². The quantitative estimate of drug-likeness (QED) is 0.788. The van der Waals surface area contributed by atoms with Gasteiger partial charge < -0.3 is 14.4 Å². The molecule has 2 aliphatic heterocycles. The number of nitrogens with zero attached hydrogens (tertiary/aromatic N) is 1. The molecule has 1 saturated heterocycles. The Kier molecular flexibility index (Phi) is 2.30. The summed E-state index contributed by atoms with van der Waals surface area (Å²) in [7, 11) is 1.87. The van der Waals surface area contributed by atoms with E-state index in [1.807, 2.05) is 37.1 Å². The van der Waals surface area contributed by atoms with Crippen LogP contribution in [0.25, 0.3) is 0 Å². The normalized spacial score (nSPS) is 30.3. The van der Waals surface area contributed by atoms with Gasteiger partial charge in [0.15, 0.2) is 11.9 Å². The molecule has 0 saturated carbocycles. The maximum Gasteiger partial charge on any atom is 0.184 e. The monoisotopic (exact) mass is 237 g/mol. The third-order valence-corrected chi connectivity index (χ3v) is 3.59. The molecule has 2 heterocycles. The summed E-state index contributed by atoms with van der Waals surface area (Å²) in [6, 6.07) is 5.59. The topological polar surface area (TPSA) is 21.7 Å². The largest absolute Gasteiger partial charge is 0.494 e. The molecule has 1 aromatic carbocycles. The number of hydrogen-bond acceptors (Lipinski definition) is 3. The van der Waals surface area contributed by atoms with Crippen molar-refractivity contribution in [3.05, 3.63) is 23.8 Å². The van der Waals surface area contributed by atoms with E-state index in [0.717, 1.165) is 11.4 Å². The highest BCUT2D eigenvalue weighted by atomic mass is 19.1. The predicted molar refractivity (Wildman–Crippen MR) is 63.2 cm³/mol. The minimum Gasteiger partial charge on any atom is -0.494 e. The van der Waals surface area contributed by atoms with Crippen molar-refractivity contribution in [3.63, 3.8) is 0 Å². The number of rotatable bonds is 2. The number of likely N-dealkylation sites (N-methyl/N-ethyl adjacent to an activating group) is 1. The van der Waals surface area contributed by atoms with Gasteiger partial charge in [-0.05, 0) is 25.1 Å². The number of anilines is 1. The molecule has 92 valence electrons. The molecule has 1 aromatic rings. The summed E-state index contributed by atoms with van der Waals surface area (Å²) in [5.74, 6) is 0.726. The first-order valence-electron chi connectivity index (χ1n) is 5.97. The Bertz CT molecular complexity index is 451. The Morgan fingerprint density at radius 1 is 1.59 bits per heavy atom. The van der Waals surface area contributed by atoms with Gasteiger partial charge in [-0.2, -0.15) is 0 Å². The highest BCUT2D eigenvalue weighted by Crippen LogP contribution is 2.52. The number of ether oxygens (including phenoxy) is 2. The molecule has 1 fully saturated rings. The molecule has 0 amide bonds. The minimum absolute atomic E-state index is 0.421. The van der Waals surface area contributed by atoms with Gasteiger partial charge in [-0.3, -0.25) is 0 Å². The van der Waals surface area contributed by atoms with Crippen LogP contribution >= 0.6 is 0 Å². The molecule has 3 rings (SSSR count). The van der Waals surface area contributed by atoms with Gasteiger partial charge in [0, 0.05) is 24.7 Å². The van der Waals surface area contributed by atoms with Crippen molar-refractivity contribution in [2.45, 2.75) is 25.2 Å². The fourth-order valence-corrected chi connectivity index (χ4v) is 2.80. The predicted octanol–water partition coefficient (Wildman–Crippen LogP) is 2.45. The van der Waals surface area contributed by atoms with E-state index in [2.05, 4.69) is 0 Å². The van der Waals surface area contributed by atoms with Gasteiger partial charge in [0.2, 0.25) is 0 Å². The molecule has 0 radical (unpaired) electrons. The Balaban J connectivity index is 2.08. The van der Waals surface area contributed by atoms with Crippen LogP contribution < -0.4 is 9.64 Å². The van der Waals surface area contributed by atoms with E-state index in [1.165, 1.54) is 0 Å². The molecule has 0 aromatic heterocycles. The lowest BCUT2D eigenvalue weighted by molar-refractivity contribution is 0.0340. The van der Waals surface area contributed by atoms with Crippen molar-refractivity contribution in [3.8, 4) is 5.75 Å². The van der Waals surface area contributed by atoms with E-state index >= 15 is 0 Å². The number of benzene rings is 1. The molecule has 4 heteroatoms. The molecule has 3 nitrogen and oxygen atoms in total. The fourth-order valence-electron chi connectivity index (χ4n) is 2.80. The second kappa shape index (κ2) is 3.60. The van der Waals surface area contributed by atoms with E-state index < -0.39 is 11.9 Å². The van der Waals surface area contributed by atoms with Crippen LogP contribution in [0.5, 0.6) is 5.75 Å². The summed E-state index contributed by atoms with van der Waals surface area (Å²) >= 11 is 0. The zero-order valence-electron chi connectivity index (χ0n) is 10.1. The first kappa shape index (κ1) is 10.8. The number of hydrogen-bond donors (Lipinski definition) is 0. The van der Waals surface area contributed by atoms with E-state index in [1.54, 1.807) is 0 Å². The molecule has 2 aliphatic rings. The van der Waals surface area contributed by atoms with Crippen molar-refractivity contribution in [1.82, 2.24) is 0 Å². The molecule has 0 aliphatic carbocycles. The standard InChI is InChI=1S/C13H16FNO2/c1-3-16-9-4-5-11-10(8-9)13(14)6-7-17-12(13)15(11)2/h4-5,8,12H,3,6-7H2,1-2H3/t12-,13+/m0/s1. The van der Waals surface area contributed by atoms with Gasteiger partial charge in [-0.1, -0.05) is 0 Å². The zero-order valence-corrected chi connectivity index (χ0v) is 10.1. The lowest BCUT2D eigenvalue weighted by Crippen LogP contribution is -2.36. The number of fused-ring (bicyclic) bond motifs is 3. The summed E-state index contributed by atoms with van der Waals surface area (Å²) in [4.78, 5) is 1.87. The van der Waals surface area contributed by atoms with E-state index in [0.29, 0.717) is 25.2 Å². The maximum absolute atomic E-state index is 14.9. The van der Waals surface area contributed by atoms with Crippen LogP contribution in [0.4, 0.5) is 10.1 Å². The van der Waals surface area contributed by atoms with Gasteiger partial charge in [-0.15, -0.1) is 0 Å². The zero-order chi connectivity index (χ0) is 12.0. The number of alkyl halides is 1. The van der Waals surface area contributed by atoms with E-state index in [9.17, 15) is 4.39 Å². The van der Waals surface area contributed by atoms with Gasteiger partial charge in [-0.25, -0.2) is 4.39 Å². The van der Waals surface area contributed by atoms with Crippen LogP contribution in [0.15, 0.2) is 18.2 Å². The summed E-state index contributed by atoms with van der Waals surface area (Å²) < 4.78 is 25.9. The Labute approximate surface area is 100 Å². The van der Waals surface area contributed by atoms with Crippen LogP contribution in [0.1, 0.15) is 18.9 Å². The van der Waals surface area contributed by atoms with Gasteiger partial charge in [0.05, 0.1) is 13.2 Å². The lowest BCUT2D eigenvalue weighted by Gasteiger charge is -2.23. The van der Waals surface area contributed by atoms with Crippen molar-refractivity contribution in [1.29, 1.82) is 0 Å². The summed E-state index contributed by atoms with van der Waals surface area (Å²) in [5.41, 5.74) is 0.228. The average Bonchev–Trinajstić information content (AvgIpc) is 2.79. The molecule has 0 spiro atoms. The minimum atomic E-state index is -1.38. The average molecular weight is 237 g/mol. The van der Waals surface area contributed by atoms with Crippen LogP contribution in [0.2, 0.25) is 0 Å². The molecular formula is C13H16FNO2. The summed E-state index contributed by atoms with van der Waals surface area (Å²) in [6.07, 6.45) is -0.0562. The van der Waals surface area contributed by atoms with Gasteiger partial charge in [0.25, 0.3) is 0 Å². The SMILES string of the molecule is CCOc1ccc2c(c1)[C@]1(F)CCO[C@@H]1N2C. The molecular weight excluding hydrogens is 221 g/mol. The number of halogens is 1. The molecule has 0 N–H and O–H groups in total. The molecule has 0 bridgehead atoms. The highest BCUT2D eigenvalue weighted by molar-refractivity contribution is 5.64. The van der Waals surface area contributed by atoms with Crippen molar-refractivity contribution in [2.75, 3.05) is 25.2 Å². The smallest absolute Gasteiger partial charge is 0.184 e. The summed E-state index contributed by atoms with van der Waals surface area (Å²) in [6.45, 7) is 2.99. The maximum atomic E-state index is 14.9. The Hall–Kier alpha value is -1.29. The van der Waals surface area contributed by atoms with Gasteiger partial charge >= 0.3 is 0 Å². The lowest BCUT2D eigenvalue weighted by atomic mass is 9.95. The van der Waals surface area contributed by atoms with E-state index in [4.69, 9.17) is 9.47 Å². The Morgan fingerprint density at radius 3 is 3.18 bits per heavy atom. The molecule has 0 unspecified atom stereocenters. The molecule has 2 atom stereocenters. The highest BCUT2D eigenvalue weighted by Gasteiger charge is 2.55. The summed E-state index contributed by atoms with van der Waals surface area (Å²) in [5, 5.41) is 0. The van der Waals surface area contributed by atoms with E-state index in [-0.39, 0.29) is 0 Å². The molecule has 17 heavy (non-hydrogen) atoms. The van der Waals surface area contributed by atoms with Gasteiger partial charge in [0.1, 0.15) is 5.75 Å². The first-order valence-corrected chi connectivity index (χ1v) is 5.97. The Morgan fingerprint density at radius 2 is 2.41 bits per heavy atom. The third kappa shape index (κ3) is 1.37. The fraction of sp³-hybridized carbons (Fsp3) is 0.538. The van der Waals surface area contributed by atoms with Crippen LogP contribution in [0.3, 0.4) is 0 Å². The van der Waals surface area contributed by atoms with Crippen LogP contribution in [-0.2, 0) is 10.4 Å². The first-order chi connectivity index (χ1) is 8.16. The second-order valence-corrected chi connectivity index (χ2v) is 4.56. The van der Waals surface area contributed by atoms with Crippen molar-refractivity contribution >= 4 is 5.69 Å². The second-order valence-electron chi connectivity index (χ2n) is 4.56. The van der Waals surface area contributed by atoms with Crippen LogP contribution in [-0.4, -0.2) is 26.5 Å². The van der Waals surface area contributed by atoms with Crippen molar-refractivity contribution in [2.24, 2.45) is 0 Å². The van der Waals surface area contributed by atoms with Crippen LogP contribution in [0, 0.1) is 0 Å². The third-order valence-electron chi connectivity index (χ3n) is 3.59.